The van der Waals surface area contributed by atoms with Gasteiger partial charge in [0.05, 0.1) is 0 Å². The van der Waals surface area contributed by atoms with Gasteiger partial charge in [-0.15, -0.1) is 0 Å². The van der Waals surface area contributed by atoms with Crippen molar-refractivity contribution in [3.05, 3.63) is 303 Å². The summed E-state index contributed by atoms with van der Waals surface area (Å²) in [5, 5.41) is 14.6. The second-order valence-electron chi connectivity index (χ2n) is 21.4. The van der Waals surface area contributed by atoms with E-state index in [4.69, 9.17) is 4.42 Å². The molecule has 0 N–H and O–H groups in total. The monoisotopic (exact) mass is 1030 g/mol. The van der Waals surface area contributed by atoms with Crippen molar-refractivity contribution in [3.8, 4) is 89.0 Å². The van der Waals surface area contributed by atoms with Crippen LogP contribution in [0.3, 0.4) is 0 Å². The first-order valence-corrected chi connectivity index (χ1v) is 28.0. The molecule has 0 saturated carbocycles. The van der Waals surface area contributed by atoms with E-state index in [9.17, 15) is 0 Å². The maximum Gasteiger partial charge on any atom is 0.136 e. The maximum atomic E-state index is 6.69. The molecule has 0 aliphatic heterocycles. The molecule has 376 valence electrons. The minimum atomic E-state index is 0.887. The van der Waals surface area contributed by atoms with E-state index in [1.165, 1.54) is 132 Å². The fraction of sp³-hybridized carbons (Fsp3) is 0. The van der Waals surface area contributed by atoms with E-state index in [2.05, 4.69) is 303 Å². The maximum absolute atomic E-state index is 6.69. The lowest BCUT2D eigenvalue weighted by atomic mass is 9.83. The molecular formula is C80H50O. The highest BCUT2D eigenvalue weighted by molar-refractivity contribution is 6.27. The predicted molar refractivity (Wildman–Crippen MR) is 345 cm³/mol. The van der Waals surface area contributed by atoms with Gasteiger partial charge < -0.3 is 4.42 Å². The highest BCUT2D eigenvalue weighted by Gasteiger charge is 2.23. The van der Waals surface area contributed by atoms with Crippen molar-refractivity contribution in [2.24, 2.45) is 0 Å². The Balaban J connectivity index is 0.786. The third-order valence-electron chi connectivity index (χ3n) is 16.9. The molecule has 1 nitrogen and oxygen atoms in total. The first-order valence-electron chi connectivity index (χ1n) is 28.0. The molecule has 0 atom stereocenters. The molecule has 81 heavy (non-hydrogen) atoms. The zero-order valence-corrected chi connectivity index (χ0v) is 44.3. The molecule has 0 unspecified atom stereocenters. The highest BCUT2D eigenvalue weighted by atomic mass is 16.3. The largest absolute Gasteiger partial charge is 0.456 e. The summed E-state index contributed by atoms with van der Waals surface area (Å²) in [6.45, 7) is 0. The van der Waals surface area contributed by atoms with Crippen LogP contribution >= 0.6 is 0 Å². The lowest BCUT2D eigenvalue weighted by Gasteiger charge is -2.19. The molecule has 16 rings (SSSR count). The fourth-order valence-corrected chi connectivity index (χ4v) is 13.3. The van der Waals surface area contributed by atoms with Crippen LogP contribution in [0.2, 0.25) is 0 Å². The molecular weight excluding hydrogens is 977 g/mol. The van der Waals surface area contributed by atoms with Gasteiger partial charge in [0.1, 0.15) is 11.2 Å². The average Bonchev–Trinajstić information content (AvgIpc) is 4.12. The molecule has 0 aliphatic carbocycles. The first-order chi connectivity index (χ1) is 40.2. The lowest BCUT2D eigenvalue weighted by Crippen LogP contribution is -1.92. The average molecular weight is 1030 g/mol. The number of benzene rings is 15. The van der Waals surface area contributed by atoms with Gasteiger partial charge in [-0.25, -0.2) is 0 Å². The number of rotatable bonds is 8. The van der Waals surface area contributed by atoms with E-state index in [-0.39, 0.29) is 0 Å². The number of hydrogen-bond donors (Lipinski definition) is 0. The van der Waals surface area contributed by atoms with Crippen molar-refractivity contribution < 1.29 is 4.42 Å². The molecule has 0 fully saturated rings. The Kier molecular flexibility index (Phi) is 11.0. The quantitative estimate of drug-likeness (QED) is 0.138. The molecule has 0 amide bonds. The molecule has 1 aromatic heterocycles. The third kappa shape index (κ3) is 7.70. The van der Waals surface area contributed by atoms with Gasteiger partial charge in [-0.3, -0.25) is 0 Å². The Hall–Kier alpha value is -10.6. The van der Waals surface area contributed by atoms with Crippen molar-refractivity contribution >= 4 is 75.8 Å². The Morgan fingerprint density at radius 3 is 1.09 bits per heavy atom. The topological polar surface area (TPSA) is 13.1 Å². The third-order valence-corrected chi connectivity index (χ3v) is 16.9. The van der Waals surface area contributed by atoms with Gasteiger partial charge in [0.2, 0.25) is 0 Å². The van der Waals surface area contributed by atoms with Crippen LogP contribution in [-0.4, -0.2) is 0 Å². The molecule has 16 aromatic rings. The van der Waals surface area contributed by atoms with Gasteiger partial charge in [-0.05, 0) is 167 Å². The number of furan rings is 1. The summed E-state index contributed by atoms with van der Waals surface area (Å²) in [6, 6.07) is 111. The Labute approximate surface area is 469 Å². The van der Waals surface area contributed by atoms with E-state index in [1.807, 2.05) is 0 Å². The number of hydrogen-bond acceptors (Lipinski definition) is 1. The minimum Gasteiger partial charge on any atom is -0.456 e. The van der Waals surface area contributed by atoms with Gasteiger partial charge in [0.15, 0.2) is 0 Å². The van der Waals surface area contributed by atoms with E-state index in [0.29, 0.717) is 0 Å². The number of para-hydroxylation sites is 1. The van der Waals surface area contributed by atoms with Gasteiger partial charge >= 0.3 is 0 Å². The zero-order valence-electron chi connectivity index (χ0n) is 44.3. The van der Waals surface area contributed by atoms with Crippen molar-refractivity contribution in [1.82, 2.24) is 0 Å². The van der Waals surface area contributed by atoms with Crippen molar-refractivity contribution in [3.63, 3.8) is 0 Å². The molecule has 0 spiro atoms. The summed E-state index contributed by atoms with van der Waals surface area (Å²) in [4.78, 5) is 0. The van der Waals surface area contributed by atoms with Crippen molar-refractivity contribution in [2.45, 2.75) is 0 Å². The van der Waals surface area contributed by atoms with Crippen LogP contribution in [-0.2, 0) is 0 Å². The predicted octanol–water partition coefficient (Wildman–Crippen LogP) is 22.7. The van der Waals surface area contributed by atoms with E-state index in [1.54, 1.807) is 0 Å². The molecule has 1 heteroatoms. The summed E-state index contributed by atoms with van der Waals surface area (Å²) in [5.74, 6) is 0. The molecule has 0 bridgehead atoms. The summed E-state index contributed by atoms with van der Waals surface area (Å²) >= 11 is 0. The van der Waals surface area contributed by atoms with Gasteiger partial charge in [0, 0.05) is 10.8 Å². The van der Waals surface area contributed by atoms with Crippen molar-refractivity contribution in [1.29, 1.82) is 0 Å². The SMILES string of the molecule is c1ccc(-c2cc(-c3c4ccccc4c(-c4cccc(-c5cccc6cccc(-c7ccc(-c8ccc(-c9c%10ccccc%10c(-c%10ccccc%10)c%10ccccc9%10)cc8)cc7)c56)c4)c4ccccc34)c3c(c2)oc2ccccc23)cc1. The van der Waals surface area contributed by atoms with Crippen LogP contribution in [0.15, 0.2) is 308 Å². The summed E-state index contributed by atoms with van der Waals surface area (Å²) in [5.41, 5.74) is 21.0. The summed E-state index contributed by atoms with van der Waals surface area (Å²) in [6.07, 6.45) is 0. The summed E-state index contributed by atoms with van der Waals surface area (Å²) in [7, 11) is 0. The molecule has 1 heterocycles. The normalized spacial score (nSPS) is 11.7. The van der Waals surface area contributed by atoms with Crippen LogP contribution in [0.5, 0.6) is 0 Å². The van der Waals surface area contributed by atoms with Crippen molar-refractivity contribution in [2.75, 3.05) is 0 Å². The van der Waals surface area contributed by atoms with Gasteiger partial charge in [-0.1, -0.05) is 279 Å². The number of fused-ring (bicyclic) bond motifs is 8. The fourth-order valence-electron chi connectivity index (χ4n) is 13.3. The zero-order chi connectivity index (χ0) is 53.4. The Morgan fingerprint density at radius 2 is 0.543 bits per heavy atom. The lowest BCUT2D eigenvalue weighted by molar-refractivity contribution is 0.669. The van der Waals surface area contributed by atoms with E-state index >= 15 is 0 Å². The van der Waals surface area contributed by atoms with Crippen LogP contribution < -0.4 is 0 Å². The molecule has 0 saturated heterocycles. The van der Waals surface area contributed by atoms with Gasteiger partial charge in [0.25, 0.3) is 0 Å². The molecule has 0 aliphatic rings. The first kappa shape index (κ1) is 46.5. The summed E-state index contributed by atoms with van der Waals surface area (Å²) < 4.78 is 6.69. The van der Waals surface area contributed by atoms with Crippen LogP contribution in [0.4, 0.5) is 0 Å². The minimum absolute atomic E-state index is 0.887. The van der Waals surface area contributed by atoms with Crippen LogP contribution in [0, 0.1) is 0 Å². The standard InChI is InChI=1S/C80H50O/c1-3-20-51(21-4-1)60-49-72(80-71-36-15-16-39-73(71)81-74(80)50-60)79-69-34-13-11-32-67(69)78(68-33-12-14-35-70(68)79)59-27-17-26-58(48-59)62-38-19-25-56-24-18-37-61(75(56)62)54-44-40-52(41-45-54)53-42-46-57(47-43-53)77-65-30-9-7-28-63(65)76(55-22-5-2-6-23-55)64-29-8-10-31-66(64)77/h1-50H. The van der Waals surface area contributed by atoms with E-state index < -0.39 is 0 Å². The molecule has 15 aromatic carbocycles. The smallest absolute Gasteiger partial charge is 0.136 e. The molecule has 0 radical (unpaired) electrons. The van der Waals surface area contributed by atoms with E-state index in [0.717, 1.165) is 33.1 Å². The second kappa shape index (κ2) is 19.1. The van der Waals surface area contributed by atoms with Gasteiger partial charge in [-0.2, -0.15) is 0 Å². The van der Waals surface area contributed by atoms with Crippen LogP contribution in [0.1, 0.15) is 0 Å². The highest BCUT2D eigenvalue weighted by Crippen LogP contribution is 2.50. The second-order valence-corrected chi connectivity index (χ2v) is 21.4. The Morgan fingerprint density at radius 1 is 0.173 bits per heavy atom. The Bertz CT molecular complexity index is 5010. The van der Waals surface area contributed by atoms with Crippen LogP contribution in [0.25, 0.3) is 165 Å².